The van der Waals surface area contributed by atoms with Gasteiger partial charge in [0, 0.05) is 0 Å². The van der Waals surface area contributed by atoms with Gasteiger partial charge in [0.25, 0.3) is 10.0 Å². The highest BCUT2D eigenvalue weighted by Gasteiger charge is 2.20. The molecule has 0 spiro atoms. The lowest BCUT2D eigenvalue weighted by Gasteiger charge is -2.13. The number of benzene rings is 2. The number of nitrogens with one attached hydrogen (secondary N) is 1. The van der Waals surface area contributed by atoms with E-state index in [-0.39, 0.29) is 17.1 Å². The molecule has 2 aromatic rings. The first-order chi connectivity index (χ1) is 11.2. The molecule has 0 aliphatic heterocycles. The van der Waals surface area contributed by atoms with Crippen molar-refractivity contribution in [1.82, 2.24) is 0 Å². The highest BCUT2D eigenvalue weighted by Crippen LogP contribution is 2.23. The summed E-state index contributed by atoms with van der Waals surface area (Å²) in [5.74, 6) is -0.541. The normalized spacial score (nSPS) is 11.2. The highest BCUT2D eigenvalue weighted by atomic mass is 32.2. The lowest BCUT2D eigenvalue weighted by molar-refractivity contribution is 0.0526. The van der Waals surface area contributed by atoms with E-state index in [9.17, 15) is 13.2 Å². The predicted octanol–water partition coefficient (Wildman–Crippen LogP) is 3.59. The van der Waals surface area contributed by atoms with Gasteiger partial charge in [0.1, 0.15) is 0 Å². The molecule has 1 N–H and O–H groups in total. The van der Waals surface area contributed by atoms with E-state index in [0.717, 1.165) is 11.1 Å². The summed E-state index contributed by atoms with van der Waals surface area (Å²) >= 11 is 0. The number of carbonyl (C=O) groups is 1. The summed E-state index contributed by atoms with van der Waals surface area (Å²) in [6.45, 7) is 7.40. The van der Waals surface area contributed by atoms with Crippen LogP contribution < -0.4 is 4.72 Å². The first-order valence-electron chi connectivity index (χ1n) is 7.62. The molecule has 2 rings (SSSR count). The Kier molecular flexibility index (Phi) is 5.29. The van der Waals surface area contributed by atoms with Gasteiger partial charge < -0.3 is 4.74 Å². The standard InChI is InChI=1S/C18H21NO4S/c1-5-23-18(20)15-8-7-13(3)17(11-15)24(21,22)19-16-9-6-12(2)10-14(16)4/h6-11,19H,5H2,1-4H3. The molecule has 0 aromatic heterocycles. The molecule has 0 aliphatic carbocycles. The summed E-state index contributed by atoms with van der Waals surface area (Å²) in [6.07, 6.45) is 0. The molecule has 0 radical (unpaired) electrons. The minimum atomic E-state index is -3.81. The van der Waals surface area contributed by atoms with Crippen molar-refractivity contribution in [3.63, 3.8) is 0 Å². The van der Waals surface area contributed by atoms with Crippen molar-refractivity contribution in [3.05, 3.63) is 58.7 Å². The Balaban J connectivity index is 2.41. The Hall–Kier alpha value is -2.34. The van der Waals surface area contributed by atoms with Gasteiger partial charge >= 0.3 is 5.97 Å². The topological polar surface area (TPSA) is 72.5 Å². The smallest absolute Gasteiger partial charge is 0.338 e. The van der Waals surface area contributed by atoms with E-state index in [0.29, 0.717) is 11.3 Å². The summed E-state index contributed by atoms with van der Waals surface area (Å²) < 4.78 is 33.0. The first-order valence-corrected chi connectivity index (χ1v) is 9.10. The molecule has 0 saturated heterocycles. The molecule has 0 saturated carbocycles. The van der Waals surface area contributed by atoms with Crippen molar-refractivity contribution in [1.29, 1.82) is 0 Å². The fraction of sp³-hybridized carbons (Fsp3) is 0.278. The highest BCUT2D eigenvalue weighted by molar-refractivity contribution is 7.92. The van der Waals surface area contributed by atoms with Crippen LogP contribution in [0.15, 0.2) is 41.3 Å². The second kappa shape index (κ2) is 7.05. The second-order valence-corrected chi connectivity index (χ2v) is 7.28. The first kappa shape index (κ1) is 18.0. The zero-order valence-electron chi connectivity index (χ0n) is 14.2. The lowest BCUT2D eigenvalue weighted by Crippen LogP contribution is -2.16. The van der Waals surface area contributed by atoms with Crippen molar-refractivity contribution in [2.24, 2.45) is 0 Å². The van der Waals surface area contributed by atoms with Crippen molar-refractivity contribution >= 4 is 21.7 Å². The van der Waals surface area contributed by atoms with Crippen molar-refractivity contribution in [3.8, 4) is 0 Å². The van der Waals surface area contributed by atoms with Gasteiger partial charge in [-0.2, -0.15) is 0 Å². The van der Waals surface area contributed by atoms with E-state index in [4.69, 9.17) is 4.74 Å². The van der Waals surface area contributed by atoms with Crippen LogP contribution in [0.3, 0.4) is 0 Å². The summed E-state index contributed by atoms with van der Waals surface area (Å²) in [5.41, 5.74) is 3.17. The van der Waals surface area contributed by atoms with Crippen molar-refractivity contribution in [2.75, 3.05) is 11.3 Å². The maximum Gasteiger partial charge on any atom is 0.338 e. The molecular weight excluding hydrogens is 326 g/mol. The predicted molar refractivity (Wildman–Crippen MR) is 93.9 cm³/mol. The molecule has 0 aliphatic rings. The number of esters is 1. The molecule has 128 valence electrons. The summed E-state index contributed by atoms with van der Waals surface area (Å²) in [5, 5.41) is 0. The summed E-state index contributed by atoms with van der Waals surface area (Å²) in [6, 6.07) is 9.98. The van der Waals surface area contributed by atoms with Crippen molar-refractivity contribution in [2.45, 2.75) is 32.6 Å². The van der Waals surface area contributed by atoms with Crippen LogP contribution in [0.5, 0.6) is 0 Å². The van der Waals surface area contributed by atoms with E-state index >= 15 is 0 Å². The zero-order valence-corrected chi connectivity index (χ0v) is 15.0. The Labute approximate surface area is 142 Å². The third-order valence-electron chi connectivity index (χ3n) is 3.62. The lowest BCUT2D eigenvalue weighted by atomic mass is 10.1. The average molecular weight is 347 g/mol. The Bertz CT molecular complexity index is 873. The molecule has 0 unspecified atom stereocenters. The minimum absolute atomic E-state index is 0.0630. The monoisotopic (exact) mass is 347 g/mol. The Morgan fingerprint density at radius 3 is 2.38 bits per heavy atom. The third kappa shape index (κ3) is 3.94. The number of anilines is 1. The van der Waals surface area contributed by atoms with E-state index < -0.39 is 16.0 Å². The van der Waals surface area contributed by atoms with Crippen LogP contribution in [0, 0.1) is 20.8 Å². The van der Waals surface area contributed by atoms with Crippen LogP contribution in [0.25, 0.3) is 0 Å². The number of rotatable bonds is 5. The van der Waals surface area contributed by atoms with Gasteiger partial charge in [0.05, 0.1) is 22.8 Å². The molecule has 0 fully saturated rings. The van der Waals surface area contributed by atoms with E-state index in [2.05, 4.69) is 4.72 Å². The van der Waals surface area contributed by atoms with Gasteiger partial charge in [0.15, 0.2) is 0 Å². The molecule has 24 heavy (non-hydrogen) atoms. The molecule has 0 amide bonds. The largest absolute Gasteiger partial charge is 0.462 e. The van der Waals surface area contributed by atoms with Gasteiger partial charge in [-0.25, -0.2) is 13.2 Å². The zero-order chi connectivity index (χ0) is 17.9. The van der Waals surface area contributed by atoms with E-state index in [1.807, 2.05) is 26.0 Å². The van der Waals surface area contributed by atoms with Crippen LogP contribution in [-0.2, 0) is 14.8 Å². The fourth-order valence-corrected chi connectivity index (χ4v) is 3.76. The maximum atomic E-state index is 12.7. The summed E-state index contributed by atoms with van der Waals surface area (Å²) in [4.78, 5) is 11.9. The maximum absolute atomic E-state index is 12.7. The molecule has 6 heteroatoms. The number of aryl methyl sites for hydroxylation is 3. The minimum Gasteiger partial charge on any atom is -0.462 e. The Morgan fingerprint density at radius 1 is 1.04 bits per heavy atom. The van der Waals surface area contributed by atoms with Gasteiger partial charge in [-0.05, 0) is 57.0 Å². The van der Waals surface area contributed by atoms with Crippen LogP contribution in [0.1, 0.15) is 34.0 Å². The molecular formula is C18H21NO4S. The SMILES string of the molecule is CCOC(=O)c1ccc(C)c(S(=O)(=O)Nc2ccc(C)cc2C)c1. The third-order valence-corrected chi connectivity index (χ3v) is 5.12. The fourth-order valence-electron chi connectivity index (χ4n) is 2.36. The molecule has 0 heterocycles. The molecule has 5 nitrogen and oxygen atoms in total. The quantitative estimate of drug-likeness (QED) is 0.839. The number of ether oxygens (including phenoxy) is 1. The second-order valence-electron chi connectivity index (χ2n) is 5.62. The van der Waals surface area contributed by atoms with Gasteiger partial charge in [-0.3, -0.25) is 4.72 Å². The van der Waals surface area contributed by atoms with Gasteiger partial charge in [-0.1, -0.05) is 23.8 Å². The number of sulfonamides is 1. The van der Waals surface area contributed by atoms with Crippen LogP contribution in [-0.4, -0.2) is 21.0 Å². The molecule has 2 aromatic carbocycles. The Morgan fingerprint density at radius 2 is 1.75 bits per heavy atom. The van der Waals surface area contributed by atoms with Crippen molar-refractivity contribution < 1.29 is 17.9 Å². The van der Waals surface area contributed by atoms with Gasteiger partial charge in [0.2, 0.25) is 0 Å². The molecule has 0 atom stereocenters. The molecule has 0 bridgehead atoms. The number of carbonyl (C=O) groups excluding carboxylic acids is 1. The van der Waals surface area contributed by atoms with Crippen LogP contribution in [0.2, 0.25) is 0 Å². The van der Waals surface area contributed by atoms with E-state index in [1.165, 1.54) is 6.07 Å². The number of hydrogen-bond acceptors (Lipinski definition) is 4. The average Bonchev–Trinajstić information content (AvgIpc) is 2.50. The van der Waals surface area contributed by atoms with Crippen LogP contribution in [0.4, 0.5) is 5.69 Å². The number of hydrogen-bond donors (Lipinski definition) is 1. The van der Waals surface area contributed by atoms with Crippen LogP contribution >= 0.6 is 0 Å². The van der Waals surface area contributed by atoms with Gasteiger partial charge in [-0.15, -0.1) is 0 Å². The van der Waals surface area contributed by atoms with E-state index in [1.54, 1.807) is 32.0 Å². The summed E-state index contributed by atoms with van der Waals surface area (Å²) in [7, 11) is -3.81.